The van der Waals surface area contributed by atoms with Gasteiger partial charge in [-0.2, -0.15) is 10.5 Å². The van der Waals surface area contributed by atoms with Crippen molar-refractivity contribution < 1.29 is 0 Å². The van der Waals surface area contributed by atoms with Gasteiger partial charge in [-0.3, -0.25) is 0 Å². The average Bonchev–Trinajstić information content (AvgIpc) is 3.42. The molecule has 0 aliphatic heterocycles. The van der Waals surface area contributed by atoms with E-state index in [0.717, 1.165) is 27.5 Å². The third-order valence-corrected chi connectivity index (χ3v) is 4.66. The number of tetrazole rings is 1. The second-order valence-corrected chi connectivity index (χ2v) is 6.39. The van der Waals surface area contributed by atoms with E-state index < -0.39 is 0 Å². The third-order valence-electron chi connectivity index (χ3n) is 3.77. The summed E-state index contributed by atoms with van der Waals surface area (Å²) in [5.74, 6) is 0.244. The van der Waals surface area contributed by atoms with Gasteiger partial charge in [0.05, 0.1) is 5.69 Å². The number of anilines is 1. The van der Waals surface area contributed by atoms with E-state index in [0.29, 0.717) is 0 Å². The number of hydrogen-bond acceptors (Lipinski definition) is 7. The van der Waals surface area contributed by atoms with Crippen LogP contribution in [0.3, 0.4) is 0 Å². The van der Waals surface area contributed by atoms with E-state index in [-0.39, 0.29) is 11.4 Å². The lowest BCUT2D eigenvalue weighted by Crippen LogP contribution is -1.93. The summed E-state index contributed by atoms with van der Waals surface area (Å²) in [5, 5.41) is 28.8. The second kappa shape index (κ2) is 7.59. The standard InChI is InChI=1S/C19H13N7S/c20-10-15(18-23-25-26-24-18)11-21-16-8-4-7-14(9-16)17-12-27-19(22-17)13-5-2-1-3-6-13/h1-9,11-12,21H,(H,23,24,25,26). The molecular weight excluding hydrogens is 358 g/mol. The van der Waals surface area contributed by atoms with Crippen LogP contribution < -0.4 is 5.32 Å². The Labute approximate surface area is 159 Å². The minimum Gasteiger partial charge on any atom is -0.360 e. The van der Waals surface area contributed by atoms with Gasteiger partial charge in [-0.1, -0.05) is 42.5 Å². The maximum absolute atomic E-state index is 9.23. The Hall–Kier alpha value is -3.83. The molecule has 0 amide bonds. The predicted molar refractivity (Wildman–Crippen MR) is 104 cm³/mol. The molecule has 4 rings (SSSR count). The van der Waals surface area contributed by atoms with Gasteiger partial charge in [-0.15, -0.1) is 21.5 Å². The molecule has 8 heteroatoms. The van der Waals surface area contributed by atoms with Crippen molar-refractivity contribution in [1.82, 2.24) is 25.6 Å². The Morgan fingerprint density at radius 3 is 2.74 bits per heavy atom. The van der Waals surface area contributed by atoms with E-state index in [9.17, 15) is 5.26 Å². The molecule has 2 heterocycles. The number of aromatic amines is 1. The Kier molecular flexibility index (Phi) is 4.68. The number of H-pyrrole nitrogens is 1. The van der Waals surface area contributed by atoms with Crippen LogP contribution in [-0.2, 0) is 0 Å². The van der Waals surface area contributed by atoms with Crippen LogP contribution in [0.1, 0.15) is 5.82 Å². The van der Waals surface area contributed by atoms with Gasteiger partial charge in [-0.25, -0.2) is 4.98 Å². The number of benzene rings is 2. The molecule has 0 unspecified atom stereocenters. The van der Waals surface area contributed by atoms with Gasteiger partial charge in [0, 0.05) is 28.4 Å². The molecule has 27 heavy (non-hydrogen) atoms. The Morgan fingerprint density at radius 1 is 1.11 bits per heavy atom. The van der Waals surface area contributed by atoms with Crippen molar-refractivity contribution >= 4 is 22.6 Å². The van der Waals surface area contributed by atoms with E-state index in [2.05, 4.69) is 25.9 Å². The van der Waals surface area contributed by atoms with E-state index in [1.54, 1.807) is 17.5 Å². The maximum atomic E-state index is 9.23. The zero-order valence-corrected chi connectivity index (χ0v) is 14.8. The summed E-state index contributed by atoms with van der Waals surface area (Å²) in [7, 11) is 0. The lowest BCUT2D eigenvalue weighted by Gasteiger charge is -2.04. The molecule has 4 aromatic rings. The van der Waals surface area contributed by atoms with Gasteiger partial charge in [-0.05, 0) is 17.3 Å². The van der Waals surface area contributed by atoms with E-state index in [4.69, 9.17) is 4.98 Å². The van der Waals surface area contributed by atoms with Crippen molar-refractivity contribution in [3.8, 4) is 27.9 Å². The van der Waals surface area contributed by atoms with Gasteiger partial charge in [0.2, 0.25) is 5.82 Å². The number of nitrogens with one attached hydrogen (secondary N) is 2. The monoisotopic (exact) mass is 371 g/mol. The zero-order chi connectivity index (χ0) is 18.5. The summed E-state index contributed by atoms with van der Waals surface area (Å²) in [5.41, 5.74) is 4.12. The fourth-order valence-corrected chi connectivity index (χ4v) is 3.30. The topological polar surface area (TPSA) is 103 Å². The summed E-state index contributed by atoms with van der Waals surface area (Å²) < 4.78 is 0. The van der Waals surface area contributed by atoms with Gasteiger partial charge in [0.15, 0.2) is 0 Å². The Bertz CT molecular complexity index is 1110. The van der Waals surface area contributed by atoms with Crippen LogP contribution in [0.2, 0.25) is 0 Å². The largest absolute Gasteiger partial charge is 0.360 e. The predicted octanol–water partition coefficient (Wildman–Crippen LogP) is 3.97. The summed E-state index contributed by atoms with van der Waals surface area (Å²) in [6, 6.07) is 20.0. The normalized spacial score (nSPS) is 11.1. The van der Waals surface area contributed by atoms with Gasteiger partial charge >= 0.3 is 0 Å². The van der Waals surface area contributed by atoms with Crippen LogP contribution in [0.5, 0.6) is 0 Å². The first-order chi connectivity index (χ1) is 13.3. The van der Waals surface area contributed by atoms with Gasteiger partial charge in [0.25, 0.3) is 0 Å². The molecule has 0 spiro atoms. The maximum Gasteiger partial charge on any atom is 0.216 e. The smallest absolute Gasteiger partial charge is 0.216 e. The summed E-state index contributed by atoms with van der Waals surface area (Å²) >= 11 is 1.61. The Balaban J connectivity index is 1.57. The molecule has 7 nitrogen and oxygen atoms in total. The molecule has 2 aromatic carbocycles. The summed E-state index contributed by atoms with van der Waals surface area (Å²) in [4.78, 5) is 4.73. The summed E-state index contributed by atoms with van der Waals surface area (Å²) in [6.45, 7) is 0. The number of aromatic nitrogens is 5. The number of thiazole rings is 1. The van der Waals surface area contributed by atoms with E-state index in [1.807, 2.05) is 66.0 Å². The van der Waals surface area contributed by atoms with Crippen molar-refractivity contribution in [3.05, 3.63) is 72.0 Å². The summed E-state index contributed by atoms with van der Waals surface area (Å²) in [6.07, 6.45) is 1.56. The molecule has 0 bridgehead atoms. The molecular formula is C19H13N7S. The van der Waals surface area contributed by atoms with Crippen LogP contribution >= 0.6 is 11.3 Å². The van der Waals surface area contributed by atoms with E-state index >= 15 is 0 Å². The molecule has 0 fully saturated rings. The van der Waals surface area contributed by atoms with Crippen molar-refractivity contribution in [2.24, 2.45) is 0 Å². The number of nitriles is 1. The van der Waals surface area contributed by atoms with Crippen molar-refractivity contribution in [3.63, 3.8) is 0 Å². The lowest BCUT2D eigenvalue weighted by molar-refractivity contribution is 0.881. The van der Waals surface area contributed by atoms with Crippen LogP contribution in [-0.4, -0.2) is 25.6 Å². The fourth-order valence-electron chi connectivity index (χ4n) is 2.47. The number of rotatable bonds is 5. The molecule has 0 saturated heterocycles. The lowest BCUT2D eigenvalue weighted by atomic mass is 10.1. The molecule has 2 N–H and O–H groups in total. The first kappa shape index (κ1) is 16.6. The molecule has 0 aliphatic carbocycles. The molecule has 2 aromatic heterocycles. The van der Waals surface area contributed by atoms with Gasteiger partial charge < -0.3 is 5.32 Å². The minimum atomic E-state index is 0.244. The number of nitrogens with zero attached hydrogens (tertiary/aromatic N) is 5. The molecule has 0 atom stereocenters. The average molecular weight is 371 g/mol. The van der Waals surface area contributed by atoms with Crippen LogP contribution in [0.4, 0.5) is 5.69 Å². The van der Waals surface area contributed by atoms with Crippen molar-refractivity contribution in [1.29, 1.82) is 5.26 Å². The fraction of sp³-hybridized carbons (Fsp3) is 0. The highest BCUT2D eigenvalue weighted by atomic mass is 32.1. The van der Waals surface area contributed by atoms with E-state index in [1.165, 1.54) is 0 Å². The molecule has 0 saturated carbocycles. The van der Waals surface area contributed by atoms with Crippen molar-refractivity contribution in [2.45, 2.75) is 0 Å². The second-order valence-electron chi connectivity index (χ2n) is 5.53. The highest BCUT2D eigenvalue weighted by Gasteiger charge is 2.08. The third kappa shape index (κ3) is 3.73. The van der Waals surface area contributed by atoms with Crippen LogP contribution in [0.15, 0.2) is 66.2 Å². The highest BCUT2D eigenvalue weighted by Crippen LogP contribution is 2.29. The van der Waals surface area contributed by atoms with Gasteiger partial charge in [0.1, 0.15) is 16.6 Å². The molecule has 0 aliphatic rings. The first-order valence-electron chi connectivity index (χ1n) is 8.05. The number of hydrogen-bond donors (Lipinski definition) is 2. The van der Waals surface area contributed by atoms with Crippen molar-refractivity contribution in [2.75, 3.05) is 5.32 Å². The minimum absolute atomic E-state index is 0.244. The quantitative estimate of drug-likeness (QED) is 0.515. The first-order valence-corrected chi connectivity index (χ1v) is 8.93. The molecule has 0 radical (unpaired) electrons. The zero-order valence-electron chi connectivity index (χ0n) is 14.0. The van der Waals surface area contributed by atoms with Crippen LogP contribution in [0, 0.1) is 11.3 Å². The van der Waals surface area contributed by atoms with Crippen LogP contribution in [0.25, 0.3) is 27.4 Å². The SMILES string of the molecule is N#CC(=CNc1cccc(-c2csc(-c3ccccc3)n2)c1)c1nn[nH]n1. The molecule has 130 valence electrons. The highest BCUT2D eigenvalue weighted by molar-refractivity contribution is 7.13. The number of allylic oxidation sites excluding steroid dienone is 1. The Morgan fingerprint density at radius 2 is 1.96 bits per heavy atom.